The van der Waals surface area contributed by atoms with Crippen LogP contribution in [0.25, 0.3) is 0 Å². The molecule has 1 saturated carbocycles. The molecule has 6 nitrogen and oxygen atoms in total. The molecule has 2 aliphatic rings. The molecule has 1 heterocycles. The molecule has 1 saturated heterocycles. The van der Waals surface area contributed by atoms with Crippen LogP contribution in [0.2, 0.25) is 0 Å². The van der Waals surface area contributed by atoms with Gasteiger partial charge in [-0.3, -0.25) is 9.79 Å². The number of nitrogens with one attached hydrogen (secondary N) is 3. The number of hydrogen-bond acceptors (Lipinski definition) is 3. The molecule has 0 aromatic carbocycles. The average Bonchev–Trinajstić information content (AvgIpc) is 3.38. The molecule has 0 aromatic heterocycles. The number of carbonyl (C=O) groups is 1. The Morgan fingerprint density at radius 3 is 2.38 bits per heavy atom. The molecule has 0 spiro atoms. The second kappa shape index (κ2) is 11.9. The van der Waals surface area contributed by atoms with Crippen LogP contribution in [0.15, 0.2) is 4.99 Å². The van der Waals surface area contributed by atoms with Gasteiger partial charge in [0, 0.05) is 32.1 Å². The maximum atomic E-state index is 11.6. The van der Waals surface area contributed by atoms with E-state index in [1.165, 1.54) is 32.4 Å². The average molecular weight is 451 g/mol. The van der Waals surface area contributed by atoms with Gasteiger partial charge in [0.15, 0.2) is 5.96 Å². The lowest BCUT2D eigenvalue weighted by Gasteiger charge is -2.28. The van der Waals surface area contributed by atoms with Crippen LogP contribution in [0.4, 0.5) is 0 Å². The number of hydrogen-bond donors (Lipinski definition) is 3. The molecule has 7 heteroatoms. The lowest BCUT2D eigenvalue weighted by atomic mass is 9.94. The molecule has 1 aliphatic carbocycles. The van der Waals surface area contributed by atoms with E-state index in [2.05, 4.69) is 39.8 Å². The van der Waals surface area contributed by atoms with Gasteiger partial charge in [-0.1, -0.05) is 0 Å². The smallest absolute Gasteiger partial charge is 0.223 e. The van der Waals surface area contributed by atoms with Crippen LogP contribution in [0.3, 0.4) is 0 Å². The number of nitrogens with zero attached hydrogens (tertiary/aromatic N) is 2. The molecule has 0 bridgehead atoms. The van der Waals surface area contributed by atoms with E-state index < -0.39 is 0 Å². The van der Waals surface area contributed by atoms with Crippen LogP contribution in [0.1, 0.15) is 39.0 Å². The topological polar surface area (TPSA) is 68.8 Å². The van der Waals surface area contributed by atoms with Crippen molar-refractivity contribution in [1.82, 2.24) is 20.9 Å². The number of rotatable bonds is 8. The lowest BCUT2D eigenvalue weighted by molar-refractivity contribution is -0.122. The van der Waals surface area contributed by atoms with Gasteiger partial charge >= 0.3 is 0 Å². The highest BCUT2D eigenvalue weighted by Gasteiger charge is 2.28. The van der Waals surface area contributed by atoms with Gasteiger partial charge in [-0.05, 0) is 65.1 Å². The second-order valence-electron chi connectivity index (χ2n) is 6.79. The number of halogens is 1. The van der Waals surface area contributed by atoms with Crippen molar-refractivity contribution < 1.29 is 4.79 Å². The first-order valence-electron chi connectivity index (χ1n) is 9.17. The highest BCUT2D eigenvalue weighted by molar-refractivity contribution is 14.0. The second-order valence-corrected chi connectivity index (χ2v) is 6.79. The van der Waals surface area contributed by atoms with E-state index in [0.717, 1.165) is 44.4 Å². The van der Waals surface area contributed by atoms with Crippen LogP contribution in [0, 0.1) is 11.8 Å². The predicted molar refractivity (Wildman–Crippen MR) is 110 cm³/mol. The summed E-state index contributed by atoms with van der Waals surface area (Å²) in [5, 5.41) is 9.53. The molecular weight excluding hydrogens is 417 g/mol. The van der Waals surface area contributed by atoms with Crippen molar-refractivity contribution in [3.8, 4) is 0 Å². The van der Waals surface area contributed by atoms with Gasteiger partial charge in [0.1, 0.15) is 0 Å². The van der Waals surface area contributed by atoms with Crippen LogP contribution in [-0.2, 0) is 4.79 Å². The van der Waals surface area contributed by atoms with E-state index in [9.17, 15) is 4.79 Å². The molecule has 2 rings (SSSR count). The molecule has 1 amide bonds. The van der Waals surface area contributed by atoms with E-state index in [1.807, 2.05) is 0 Å². The Bertz CT molecular complexity index is 392. The van der Waals surface area contributed by atoms with Gasteiger partial charge < -0.3 is 20.9 Å². The van der Waals surface area contributed by atoms with E-state index >= 15 is 0 Å². The Hall–Kier alpha value is -0.570. The third kappa shape index (κ3) is 8.50. The first kappa shape index (κ1) is 21.5. The zero-order valence-electron chi connectivity index (χ0n) is 15.1. The third-order valence-electron chi connectivity index (χ3n) is 4.65. The van der Waals surface area contributed by atoms with Crippen molar-refractivity contribution >= 4 is 35.8 Å². The maximum Gasteiger partial charge on any atom is 0.223 e. The van der Waals surface area contributed by atoms with Gasteiger partial charge in [-0.15, -0.1) is 24.0 Å². The van der Waals surface area contributed by atoms with Crippen molar-refractivity contribution in [2.45, 2.75) is 39.0 Å². The number of aliphatic imine (C=N–C) groups is 1. The molecular formula is C17H34IN5O. The first-order chi connectivity index (χ1) is 11.2. The van der Waals surface area contributed by atoms with Crippen molar-refractivity contribution in [2.75, 3.05) is 46.3 Å². The molecule has 0 aromatic rings. The van der Waals surface area contributed by atoms with Crippen molar-refractivity contribution in [3.63, 3.8) is 0 Å². The third-order valence-corrected chi connectivity index (χ3v) is 4.65. The zero-order chi connectivity index (χ0) is 16.5. The summed E-state index contributed by atoms with van der Waals surface area (Å²) < 4.78 is 0. The summed E-state index contributed by atoms with van der Waals surface area (Å²) in [5.41, 5.74) is 0. The number of guanidine groups is 1. The minimum Gasteiger partial charge on any atom is -0.357 e. The van der Waals surface area contributed by atoms with Gasteiger partial charge in [0.2, 0.25) is 5.91 Å². The van der Waals surface area contributed by atoms with Gasteiger partial charge in [0.25, 0.3) is 0 Å². The monoisotopic (exact) mass is 451 g/mol. The predicted octanol–water partition coefficient (Wildman–Crippen LogP) is 1.42. The Kier molecular flexibility index (Phi) is 10.6. The van der Waals surface area contributed by atoms with Crippen molar-refractivity contribution in [1.29, 1.82) is 0 Å². The molecule has 3 N–H and O–H groups in total. The zero-order valence-corrected chi connectivity index (χ0v) is 17.5. The fourth-order valence-electron chi connectivity index (χ4n) is 2.91. The normalized spacial score (nSPS) is 19.5. The Morgan fingerprint density at radius 1 is 1.08 bits per heavy atom. The van der Waals surface area contributed by atoms with E-state index in [4.69, 9.17) is 0 Å². The van der Waals surface area contributed by atoms with Gasteiger partial charge in [0.05, 0.1) is 0 Å². The van der Waals surface area contributed by atoms with Crippen LogP contribution in [-0.4, -0.2) is 63.1 Å². The molecule has 0 unspecified atom stereocenters. The van der Waals surface area contributed by atoms with Gasteiger partial charge in [-0.2, -0.15) is 0 Å². The van der Waals surface area contributed by atoms with E-state index in [0.29, 0.717) is 6.54 Å². The molecule has 24 heavy (non-hydrogen) atoms. The molecule has 1 aliphatic heterocycles. The molecule has 2 fully saturated rings. The minimum atomic E-state index is 0. The summed E-state index contributed by atoms with van der Waals surface area (Å²) in [5.74, 6) is 2.17. The van der Waals surface area contributed by atoms with Crippen molar-refractivity contribution in [3.05, 3.63) is 0 Å². The van der Waals surface area contributed by atoms with Crippen molar-refractivity contribution in [2.24, 2.45) is 16.8 Å². The fraction of sp³-hybridized carbons (Fsp3) is 0.882. The molecule has 0 radical (unpaired) electrons. The van der Waals surface area contributed by atoms with Crippen LogP contribution in [0.5, 0.6) is 0 Å². The first-order valence-corrected chi connectivity index (χ1v) is 9.17. The summed E-state index contributed by atoms with van der Waals surface area (Å²) in [6, 6.07) is 0. The Morgan fingerprint density at radius 2 is 1.75 bits per heavy atom. The summed E-state index contributed by atoms with van der Waals surface area (Å²) in [6.07, 6.45) is 5.87. The quantitative estimate of drug-likeness (QED) is 0.226. The highest BCUT2D eigenvalue weighted by atomic mass is 127. The highest BCUT2D eigenvalue weighted by Crippen LogP contribution is 2.28. The van der Waals surface area contributed by atoms with E-state index in [-0.39, 0.29) is 35.8 Å². The number of likely N-dealkylation sites (tertiary alicyclic amines) is 1. The number of piperidine rings is 1. The molecule has 140 valence electrons. The van der Waals surface area contributed by atoms with Crippen LogP contribution < -0.4 is 16.0 Å². The van der Waals surface area contributed by atoms with Crippen LogP contribution >= 0.6 is 24.0 Å². The van der Waals surface area contributed by atoms with E-state index in [1.54, 1.807) is 0 Å². The summed E-state index contributed by atoms with van der Waals surface area (Å²) in [7, 11) is 2.20. The summed E-state index contributed by atoms with van der Waals surface area (Å²) >= 11 is 0. The van der Waals surface area contributed by atoms with Gasteiger partial charge in [-0.25, -0.2) is 0 Å². The Labute approximate surface area is 163 Å². The maximum absolute atomic E-state index is 11.6. The summed E-state index contributed by atoms with van der Waals surface area (Å²) in [6.45, 7) is 7.61. The summed E-state index contributed by atoms with van der Waals surface area (Å²) in [4.78, 5) is 18.6. The fourth-order valence-corrected chi connectivity index (χ4v) is 2.91. The minimum absolute atomic E-state index is 0. The standard InChI is InChI=1S/C17H33N5O.HI/c1-3-18-17(21-11-10-19-16(23)15-4-5-15)20-9-6-14-7-12-22(2)13-8-14;/h14-15H,3-13H2,1-2H3,(H,19,23)(H2,18,20,21);1H. The number of amides is 1. The molecule has 0 atom stereocenters. The Balaban J connectivity index is 0.00000288. The number of carbonyl (C=O) groups excluding carboxylic acids is 1. The SMILES string of the molecule is CCNC(=NCCC1CCN(C)CC1)NCCNC(=O)C1CC1.I. The largest absolute Gasteiger partial charge is 0.357 e. The lowest BCUT2D eigenvalue weighted by Crippen LogP contribution is -2.42.